The highest BCUT2D eigenvalue weighted by atomic mass is 16.3. The predicted octanol–water partition coefficient (Wildman–Crippen LogP) is 5.72. The van der Waals surface area contributed by atoms with E-state index in [2.05, 4.69) is 34.6 Å². The Morgan fingerprint density at radius 2 is 1.54 bits per heavy atom. The number of aromatic nitrogens is 1. The number of nitrogens with one attached hydrogen (secondary N) is 1. The summed E-state index contributed by atoms with van der Waals surface area (Å²) in [5.74, 6) is 0.617. The van der Waals surface area contributed by atoms with Gasteiger partial charge in [-0.1, -0.05) is 54.6 Å². The number of nitrogens with two attached hydrogens (primary N) is 1. The Balaban J connectivity index is 1.40. The van der Waals surface area contributed by atoms with Gasteiger partial charge in [0.25, 0.3) is 0 Å². The molecule has 0 spiro atoms. The van der Waals surface area contributed by atoms with Crippen molar-refractivity contribution in [2.24, 2.45) is 5.73 Å². The standard InChI is InChI=1S/C24H19N3O/c25-23(20-9-5-7-16-6-1-2-8-19(16)20)26-18-14-12-17(13-15-18)24-27-21-10-3-4-11-22(21)28-24/h1-15,23,26H,25H2. The highest BCUT2D eigenvalue weighted by Crippen LogP contribution is 2.27. The van der Waals surface area contributed by atoms with Gasteiger partial charge in [-0.15, -0.1) is 0 Å². The molecule has 0 aliphatic rings. The fraction of sp³-hybridized carbons (Fsp3) is 0.0417. The topological polar surface area (TPSA) is 64.1 Å². The van der Waals surface area contributed by atoms with Crippen molar-refractivity contribution in [2.45, 2.75) is 6.17 Å². The zero-order valence-corrected chi connectivity index (χ0v) is 15.2. The van der Waals surface area contributed by atoms with Gasteiger partial charge in [-0.05, 0) is 52.7 Å². The van der Waals surface area contributed by atoms with Crippen LogP contribution >= 0.6 is 0 Å². The molecule has 1 unspecified atom stereocenters. The molecule has 1 atom stereocenters. The van der Waals surface area contributed by atoms with Crippen LogP contribution in [0.3, 0.4) is 0 Å². The molecule has 0 aliphatic heterocycles. The van der Waals surface area contributed by atoms with Gasteiger partial charge in [-0.25, -0.2) is 4.98 Å². The molecule has 0 fully saturated rings. The van der Waals surface area contributed by atoms with Gasteiger partial charge in [0.2, 0.25) is 5.89 Å². The van der Waals surface area contributed by atoms with Gasteiger partial charge in [0.15, 0.2) is 5.58 Å². The molecule has 4 nitrogen and oxygen atoms in total. The second kappa shape index (κ2) is 6.83. The lowest BCUT2D eigenvalue weighted by molar-refractivity contribution is 0.620. The van der Waals surface area contributed by atoms with Gasteiger partial charge in [0.1, 0.15) is 11.7 Å². The Hall–Kier alpha value is -3.63. The van der Waals surface area contributed by atoms with Crippen molar-refractivity contribution >= 4 is 27.6 Å². The minimum absolute atomic E-state index is 0.304. The van der Waals surface area contributed by atoms with Crippen molar-refractivity contribution in [1.29, 1.82) is 0 Å². The van der Waals surface area contributed by atoms with Crippen molar-refractivity contribution < 1.29 is 4.42 Å². The maximum absolute atomic E-state index is 6.45. The first-order valence-electron chi connectivity index (χ1n) is 9.24. The molecule has 1 aromatic heterocycles. The third-order valence-electron chi connectivity index (χ3n) is 4.91. The third-order valence-corrected chi connectivity index (χ3v) is 4.91. The fourth-order valence-corrected chi connectivity index (χ4v) is 3.48. The van der Waals surface area contributed by atoms with Gasteiger partial charge < -0.3 is 15.5 Å². The molecule has 0 bridgehead atoms. The lowest BCUT2D eigenvalue weighted by Crippen LogP contribution is -2.20. The van der Waals surface area contributed by atoms with Crippen LogP contribution < -0.4 is 11.1 Å². The smallest absolute Gasteiger partial charge is 0.227 e. The summed E-state index contributed by atoms with van der Waals surface area (Å²) >= 11 is 0. The van der Waals surface area contributed by atoms with Crippen molar-refractivity contribution in [2.75, 3.05) is 5.32 Å². The van der Waals surface area contributed by atoms with Crippen LogP contribution in [0.25, 0.3) is 33.3 Å². The fourth-order valence-electron chi connectivity index (χ4n) is 3.48. The van der Waals surface area contributed by atoms with E-state index in [1.807, 2.05) is 66.7 Å². The van der Waals surface area contributed by atoms with Crippen molar-refractivity contribution in [3.8, 4) is 11.5 Å². The lowest BCUT2D eigenvalue weighted by atomic mass is 10.0. The number of hydrogen-bond donors (Lipinski definition) is 2. The Morgan fingerprint density at radius 1 is 0.786 bits per heavy atom. The summed E-state index contributed by atoms with van der Waals surface area (Å²) in [6.07, 6.45) is -0.304. The number of rotatable bonds is 4. The predicted molar refractivity (Wildman–Crippen MR) is 114 cm³/mol. The molecule has 136 valence electrons. The number of anilines is 1. The summed E-state index contributed by atoms with van der Waals surface area (Å²) in [6, 6.07) is 30.2. The van der Waals surface area contributed by atoms with E-state index in [9.17, 15) is 0 Å². The van der Waals surface area contributed by atoms with Crippen LogP contribution in [-0.2, 0) is 0 Å². The Morgan fingerprint density at radius 3 is 2.39 bits per heavy atom. The molecule has 1 heterocycles. The molecule has 0 saturated heterocycles. The van der Waals surface area contributed by atoms with Crippen LogP contribution in [0, 0.1) is 0 Å². The monoisotopic (exact) mass is 365 g/mol. The van der Waals surface area contributed by atoms with Gasteiger partial charge in [0.05, 0.1) is 0 Å². The van der Waals surface area contributed by atoms with E-state index in [0.29, 0.717) is 5.89 Å². The summed E-state index contributed by atoms with van der Waals surface area (Å²) in [5, 5.41) is 5.73. The number of fused-ring (bicyclic) bond motifs is 2. The normalized spacial score (nSPS) is 12.3. The zero-order chi connectivity index (χ0) is 18.9. The third kappa shape index (κ3) is 3.00. The quantitative estimate of drug-likeness (QED) is 0.400. The van der Waals surface area contributed by atoms with E-state index in [1.165, 1.54) is 5.39 Å². The zero-order valence-electron chi connectivity index (χ0n) is 15.2. The second-order valence-electron chi connectivity index (χ2n) is 6.75. The lowest BCUT2D eigenvalue weighted by Gasteiger charge is -2.18. The maximum atomic E-state index is 6.45. The Bertz CT molecular complexity index is 1220. The summed E-state index contributed by atoms with van der Waals surface area (Å²) in [7, 11) is 0. The first-order chi connectivity index (χ1) is 13.8. The van der Waals surface area contributed by atoms with Crippen molar-refractivity contribution in [3.63, 3.8) is 0 Å². The first-order valence-corrected chi connectivity index (χ1v) is 9.24. The Labute approximate surface area is 162 Å². The van der Waals surface area contributed by atoms with Gasteiger partial charge in [-0.3, -0.25) is 0 Å². The van der Waals surface area contributed by atoms with Gasteiger partial charge in [0, 0.05) is 11.3 Å². The largest absolute Gasteiger partial charge is 0.436 e. The maximum Gasteiger partial charge on any atom is 0.227 e. The number of hydrogen-bond acceptors (Lipinski definition) is 4. The minimum Gasteiger partial charge on any atom is -0.436 e. The summed E-state index contributed by atoms with van der Waals surface area (Å²) < 4.78 is 5.84. The van der Waals surface area contributed by atoms with Crippen molar-refractivity contribution in [1.82, 2.24) is 4.98 Å². The molecule has 4 aromatic carbocycles. The molecule has 28 heavy (non-hydrogen) atoms. The molecule has 3 N–H and O–H groups in total. The highest BCUT2D eigenvalue weighted by molar-refractivity contribution is 5.86. The molecule has 4 heteroatoms. The van der Waals surface area contributed by atoms with Crippen LogP contribution in [0.2, 0.25) is 0 Å². The Kier molecular flexibility index (Phi) is 4.04. The van der Waals surface area contributed by atoms with Crippen LogP contribution in [0.15, 0.2) is 95.4 Å². The second-order valence-corrected chi connectivity index (χ2v) is 6.75. The van der Waals surface area contributed by atoms with E-state index in [0.717, 1.165) is 33.3 Å². The van der Waals surface area contributed by atoms with E-state index in [-0.39, 0.29) is 6.17 Å². The van der Waals surface area contributed by atoms with E-state index in [1.54, 1.807) is 0 Å². The van der Waals surface area contributed by atoms with Crippen molar-refractivity contribution in [3.05, 3.63) is 96.6 Å². The molecule has 0 aliphatic carbocycles. The molecular weight excluding hydrogens is 346 g/mol. The van der Waals surface area contributed by atoms with E-state index < -0.39 is 0 Å². The number of nitrogens with zero attached hydrogens (tertiary/aromatic N) is 1. The van der Waals surface area contributed by atoms with Crippen LogP contribution in [0.5, 0.6) is 0 Å². The van der Waals surface area contributed by atoms with Gasteiger partial charge >= 0.3 is 0 Å². The average molecular weight is 365 g/mol. The summed E-state index contributed by atoms with van der Waals surface area (Å²) in [5.41, 5.74) is 11.0. The number of para-hydroxylation sites is 2. The first kappa shape index (κ1) is 16.5. The van der Waals surface area contributed by atoms with Gasteiger partial charge in [-0.2, -0.15) is 0 Å². The molecular formula is C24H19N3O. The summed E-state index contributed by atoms with van der Waals surface area (Å²) in [6.45, 7) is 0. The minimum atomic E-state index is -0.304. The molecule has 0 amide bonds. The molecule has 0 saturated carbocycles. The molecule has 5 rings (SSSR count). The number of benzene rings is 4. The van der Waals surface area contributed by atoms with Crippen LogP contribution in [0.1, 0.15) is 11.7 Å². The average Bonchev–Trinajstić information content (AvgIpc) is 3.18. The molecule has 5 aromatic rings. The van der Waals surface area contributed by atoms with E-state index in [4.69, 9.17) is 10.2 Å². The SMILES string of the molecule is NC(Nc1ccc(-c2nc3ccccc3o2)cc1)c1cccc2ccccc12. The summed E-state index contributed by atoms with van der Waals surface area (Å²) in [4.78, 5) is 4.54. The highest BCUT2D eigenvalue weighted by Gasteiger charge is 2.11. The molecule has 0 radical (unpaired) electrons. The number of oxazole rings is 1. The van der Waals surface area contributed by atoms with Crippen LogP contribution in [-0.4, -0.2) is 4.98 Å². The van der Waals surface area contributed by atoms with Crippen LogP contribution in [0.4, 0.5) is 5.69 Å². The van der Waals surface area contributed by atoms with E-state index >= 15 is 0 Å².